The number of anilines is 1. The molecule has 0 unspecified atom stereocenters. The van der Waals surface area contributed by atoms with Gasteiger partial charge in [0.25, 0.3) is 0 Å². The lowest BCUT2D eigenvalue weighted by molar-refractivity contribution is -0.117. The Balaban J connectivity index is 1.58. The Labute approximate surface area is 135 Å². The third-order valence-electron chi connectivity index (χ3n) is 4.41. The summed E-state index contributed by atoms with van der Waals surface area (Å²) in [7, 11) is 0. The maximum Gasteiger partial charge on any atom is 0.238 e. The standard InChI is InChI=1S/C16H24N6O/c1-10-7-14(21-18-10)13-5-4-6-22(8-13)9-15(23)17-16-11(2)19-20-12(16)3/h7,13H,4-6,8-9H2,1-3H3,(H,17,23)(H,18,21)(H,19,20)/t13-/m1/s1. The molecule has 7 heteroatoms. The number of aryl methyl sites for hydroxylation is 3. The molecule has 1 aliphatic heterocycles. The van der Waals surface area contributed by atoms with Gasteiger partial charge < -0.3 is 5.32 Å². The highest BCUT2D eigenvalue weighted by molar-refractivity contribution is 5.93. The minimum atomic E-state index is 0.0106. The minimum Gasteiger partial charge on any atom is -0.322 e. The van der Waals surface area contributed by atoms with E-state index in [1.165, 1.54) is 0 Å². The van der Waals surface area contributed by atoms with Crippen molar-refractivity contribution in [1.29, 1.82) is 0 Å². The second-order valence-corrected chi connectivity index (χ2v) is 6.41. The Morgan fingerprint density at radius 3 is 2.83 bits per heavy atom. The first-order chi connectivity index (χ1) is 11.0. The third-order valence-corrected chi connectivity index (χ3v) is 4.41. The molecule has 3 heterocycles. The number of likely N-dealkylation sites (tertiary alicyclic amines) is 1. The van der Waals surface area contributed by atoms with Gasteiger partial charge in [0.1, 0.15) is 0 Å². The fraction of sp³-hybridized carbons (Fsp3) is 0.562. The Hall–Kier alpha value is -2.15. The lowest BCUT2D eigenvalue weighted by Gasteiger charge is -2.31. The Morgan fingerprint density at radius 2 is 2.17 bits per heavy atom. The van der Waals surface area contributed by atoms with Crippen molar-refractivity contribution in [2.45, 2.75) is 39.5 Å². The van der Waals surface area contributed by atoms with Crippen LogP contribution in [0.15, 0.2) is 6.07 Å². The highest BCUT2D eigenvalue weighted by Crippen LogP contribution is 2.26. The largest absolute Gasteiger partial charge is 0.322 e. The predicted octanol–water partition coefficient (Wildman–Crippen LogP) is 1.88. The van der Waals surface area contributed by atoms with Crippen molar-refractivity contribution >= 4 is 11.6 Å². The number of hydrogen-bond acceptors (Lipinski definition) is 4. The Morgan fingerprint density at radius 1 is 1.35 bits per heavy atom. The van der Waals surface area contributed by atoms with Gasteiger partial charge in [-0.1, -0.05) is 0 Å². The summed E-state index contributed by atoms with van der Waals surface area (Å²) >= 11 is 0. The van der Waals surface area contributed by atoms with Gasteiger partial charge in [-0.25, -0.2) is 0 Å². The number of aromatic amines is 2. The number of piperidine rings is 1. The first-order valence-corrected chi connectivity index (χ1v) is 8.08. The van der Waals surface area contributed by atoms with Crippen LogP contribution in [0.2, 0.25) is 0 Å². The number of aromatic nitrogens is 4. The van der Waals surface area contributed by atoms with E-state index in [-0.39, 0.29) is 5.91 Å². The highest BCUT2D eigenvalue weighted by Gasteiger charge is 2.24. The van der Waals surface area contributed by atoms with Gasteiger partial charge in [-0.15, -0.1) is 0 Å². The number of carbonyl (C=O) groups excluding carboxylic acids is 1. The molecule has 124 valence electrons. The number of nitrogens with zero attached hydrogens (tertiary/aromatic N) is 3. The Kier molecular flexibility index (Phi) is 4.47. The molecule has 1 atom stereocenters. The molecule has 0 bridgehead atoms. The topological polar surface area (TPSA) is 89.7 Å². The van der Waals surface area contributed by atoms with Crippen molar-refractivity contribution < 1.29 is 4.79 Å². The van der Waals surface area contributed by atoms with Crippen LogP contribution < -0.4 is 5.32 Å². The van der Waals surface area contributed by atoms with Crippen LogP contribution in [0.25, 0.3) is 0 Å². The highest BCUT2D eigenvalue weighted by atomic mass is 16.2. The first kappa shape index (κ1) is 15.7. The van der Waals surface area contributed by atoms with Gasteiger partial charge >= 0.3 is 0 Å². The van der Waals surface area contributed by atoms with E-state index in [4.69, 9.17) is 0 Å². The number of hydrogen-bond donors (Lipinski definition) is 3. The van der Waals surface area contributed by atoms with Crippen LogP contribution in [0.5, 0.6) is 0 Å². The number of nitrogens with one attached hydrogen (secondary N) is 3. The van der Waals surface area contributed by atoms with Crippen LogP contribution in [0.4, 0.5) is 5.69 Å². The number of amides is 1. The smallest absolute Gasteiger partial charge is 0.238 e. The van der Waals surface area contributed by atoms with Crippen LogP contribution >= 0.6 is 0 Å². The summed E-state index contributed by atoms with van der Waals surface area (Å²) in [5.74, 6) is 0.412. The number of carbonyl (C=O) groups is 1. The molecular weight excluding hydrogens is 292 g/mol. The second kappa shape index (κ2) is 6.54. The van der Waals surface area contributed by atoms with E-state index in [9.17, 15) is 4.79 Å². The molecule has 1 saturated heterocycles. The van der Waals surface area contributed by atoms with Gasteiger partial charge in [0.05, 0.1) is 29.3 Å². The first-order valence-electron chi connectivity index (χ1n) is 8.08. The molecule has 23 heavy (non-hydrogen) atoms. The van der Waals surface area contributed by atoms with Crippen LogP contribution in [0.3, 0.4) is 0 Å². The van der Waals surface area contributed by atoms with Crippen LogP contribution in [-0.4, -0.2) is 50.8 Å². The molecule has 2 aromatic rings. The summed E-state index contributed by atoms with van der Waals surface area (Å²) in [6, 6.07) is 2.10. The van der Waals surface area contributed by atoms with Gasteiger partial charge in [0.2, 0.25) is 5.91 Å². The monoisotopic (exact) mass is 316 g/mol. The van der Waals surface area contributed by atoms with Crippen LogP contribution in [0.1, 0.15) is 41.5 Å². The lowest BCUT2D eigenvalue weighted by atomic mass is 9.94. The third kappa shape index (κ3) is 3.61. The van der Waals surface area contributed by atoms with Crippen molar-refractivity contribution in [3.05, 3.63) is 28.8 Å². The van der Waals surface area contributed by atoms with Gasteiger partial charge in [0.15, 0.2) is 0 Å². The number of H-pyrrole nitrogens is 2. The van der Waals surface area contributed by atoms with Crippen LogP contribution in [0, 0.1) is 20.8 Å². The van der Waals surface area contributed by atoms with Gasteiger partial charge in [-0.3, -0.25) is 19.9 Å². The zero-order valence-electron chi connectivity index (χ0n) is 13.9. The molecule has 0 saturated carbocycles. The average Bonchev–Trinajstić information content (AvgIpc) is 3.08. The molecular formula is C16H24N6O. The summed E-state index contributed by atoms with van der Waals surface area (Å²) in [5.41, 5.74) is 4.69. The quantitative estimate of drug-likeness (QED) is 0.803. The van der Waals surface area contributed by atoms with E-state index in [1.54, 1.807) is 0 Å². The fourth-order valence-corrected chi connectivity index (χ4v) is 3.21. The normalized spacial score (nSPS) is 19.0. The summed E-state index contributed by atoms with van der Waals surface area (Å²) in [4.78, 5) is 14.5. The van der Waals surface area contributed by atoms with E-state index in [2.05, 4.69) is 36.7 Å². The van der Waals surface area contributed by atoms with Crippen molar-refractivity contribution in [2.75, 3.05) is 25.0 Å². The SMILES string of the molecule is Cc1cc([C@@H]2CCCN(CC(=O)Nc3c(C)n[nH]c3C)C2)n[nH]1. The molecule has 1 aliphatic rings. The van der Waals surface area contributed by atoms with Crippen LogP contribution in [-0.2, 0) is 4.79 Å². The van der Waals surface area contributed by atoms with E-state index < -0.39 is 0 Å². The zero-order chi connectivity index (χ0) is 16.4. The maximum atomic E-state index is 12.3. The fourth-order valence-electron chi connectivity index (χ4n) is 3.21. The van der Waals surface area contributed by atoms with Gasteiger partial charge in [-0.2, -0.15) is 10.2 Å². The molecule has 2 aromatic heterocycles. The number of rotatable bonds is 4. The van der Waals surface area contributed by atoms with E-state index in [0.717, 1.165) is 54.4 Å². The Bertz CT molecular complexity index is 669. The summed E-state index contributed by atoms with van der Waals surface area (Å²) in [6.07, 6.45) is 2.22. The molecule has 0 spiro atoms. The van der Waals surface area contributed by atoms with E-state index in [1.807, 2.05) is 20.8 Å². The lowest BCUT2D eigenvalue weighted by Crippen LogP contribution is -2.40. The second-order valence-electron chi connectivity index (χ2n) is 6.41. The maximum absolute atomic E-state index is 12.3. The van der Waals surface area contributed by atoms with E-state index >= 15 is 0 Å². The molecule has 1 amide bonds. The average molecular weight is 316 g/mol. The summed E-state index contributed by atoms with van der Waals surface area (Å²) < 4.78 is 0. The van der Waals surface area contributed by atoms with Crippen molar-refractivity contribution in [2.24, 2.45) is 0 Å². The molecule has 0 radical (unpaired) electrons. The summed E-state index contributed by atoms with van der Waals surface area (Å²) in [5, 5.41) is 17.3. The molecule has 7 nitrogen and oxygen atoms in total. The van der Waals surface area contributed by atoms with Gasteiger partial charge in [-0.05, 0) is 46.2 Å². The zero-order valence-corrected chi connectivity index (χ0v) is 13.9. The van der Waals surface area contributed by atoms with Crippen molar-refractivity contribution in [3.63, 3.8) is 0 Å². The minimum absolute atomic E-state index is 0.0106. The molecule has 3 N–H and O–H groups in total. The summed E-state index contributed by atoms with van der Waals surface area (Å²) in [6.45, 7) is 8.05. The van der Waals surface area contributed by atoms with Gasteiger partial charge in [0, 0.05) is 18.2 Å². The van der Waals surface area contributed by atoms with E-state index in [0.29, 0.717) is 12.5 Å². The predicted molar refractivity (Wildman–Crippen MR) is 88.4 cm³/mol. The molecule has 1 fully saturated rings. The van der Waals surface area contributed by atoms with Crippen molar-refractivity contribution in [3.8, 4) is 0 Å². The molecule has 3 rings (SSSR count). The molecule has 0 aromatic carbocycles. The van der Waals surface area contributed by atoms with Crippen molar-refractivity contribution in [1.82, 2.24) is 25.3 Å². The molecule has 0 aliphatic carbocycles.